The molecule has 0 saturated carbocycles. The molecule has 0 atom stereocenters. The first-order valence-corrected chi connectivity index (χ1v) is 11.2. The molecule has 0 unspecified atom stereocenters. The van der Waals surface area contributed by atoms with Gasteiger partial charge in [0.1, 0.15) is 18.3 Å². The normalized spacial score (nSPS) is 13.5. The minimum Gasteiger partial charge on any atom is -0.493 e. The lowest BCUT2D eigenvalue weighted by molar-refractivity contribution is 0.0740. The summed E-state index contributed by atoms with van der Waals surface area (Å²) in [6.45, 7) is 2.36. The van der Waals surface area contributed by atoms with E-state index in [0.717, 1.165) is 11.4 Å². The van der Waals surface area contributed by atoms with Gasteiger partial charge in [0, 0.05) is 31.7 Å². The fourth-order valence-electron chi connectivity index (χ4n) is 4.05. The van der Waals surface area contributed by atoms with Gasteiger partial charge >= 0.3 is 0 Å². The first-order chi connectivity index (χ1) is 17.6. The molecule has 1 N–H and O–H groups in total. The summed E-state index contributed by atoms with van der Waals surface area (Å²) in [6, 6.07) is 9.03. The predicted octanol–water partition coefficient (Wildman–Crippen LogP) is 1.44. The molecule has 0 radical (unpaired) electrons. The molecule has 0 aliphatic carbocycles. The van der Waals surface area contributed by atoms with E-state index < -0.39 is 0 Å². The summed E-state index contributed by atoms with van der Waals surface area (Å²) in [7, 11) is 4.65. The highest BCUT2D eigenvalue weighted by molar-refractivity contribution is 5.93. The van der Waals surface area contributed by atoms with Crippen LogP contribution in [0, 0.1) is 0 Å². The predicted molar refractivity (Wildman–Crippen MR) is 129 cm³/mol. The van der Waals surface area contributed by atoms with Crippen molar-refractivity contribution < 1.29 is 19.0 Å². The molecule has 3 aromatic heterocycles. The molecule has 1 saturated heterocycles. The van der Waals surface area contributed by atoms with Crippen LogP contribution in [0.3, 0.4) is 0 Å². The van der Waals surface area contributed by atoms with E-state index in [1.165, 1.54) is 6.33 Å². The van der Waals surface area contributed by atoms with Crippen molar-refractivity contribution in [3.05, 3.63) is 48.7 Å². The Morgan fingerprint density at radius 3 is 2.19 bits per heavy atom. The van der Waals surface area contributed by atoms with E-state index >= 15 is 0 Å². The van der Waals surface area contributed by atoms with Gasteiger partial charge in [-0.2, -0.15) is 10.2 Å². The second-order valence-corrected chi connectivity index (χ2v) is 7.95. The van der Waals surface area contributed by atoms with Crippen LogP contribution in [0.1, 0.15) is 10.5 Å². The molecule has 4 aromatic rings. The number of amides is 1. The van der Waals surface area contributed by atoms with Gasteiger partial charge in [-0.05, 0) is 30.3 Å². The van der Waals surface area contributed by atoms with Gasteiger partial charge in [0.15, 0.2) is 23.1 Å². The second-order valence-electron chi connectivity index (χ2n) is 7.95. The molecule has 1 aliphatic heterocycles. The lowest BCUT2D eigenvalue weighted by Gasteiger charge is -2.34. The minimum atomic E-state index is -0.117. The van der Waals surface area contributed by atoms with Crippen molar-refractivity contribution in [2.45, 2.75) is 0 Å². The number of aromatic nitrogens is 7. The van der Waals surface area contributed by atoms with E-state index in [0.29, 0.717) is 60.6 Å². The lowest BCUT2D eigenvalue weighted by atomic mass is 10.1. The van der Waals surface area contributed by atoms with Crippen LogP contribution in [0.2, 0.25) is 0 Å². The number of methoxy groups -OCH3 is 3. The molecule has 186 valence electrons. The number of carbonyl (C=O) groups excluding carboxylic acids is 1. The van der Waals surface area contributed by atoms with Gasteiger partial charge in [0.05, 0.1) is 27.0 Å². The third-order valence-electron chi connectivity index (χ3n) is 5.95. The van der Waals surface area contributed by atoms with E-state index in [-0.39, 0.29) is 5.91 Å². The summed E-state index contributed by atoms with van der Waals surface area (Å²) in [5.41, 5.74) is 1.74. The van der Waals surface area contributed by atoms with Crippen LogP contribution < -0.4 is 19.1 Å². The summed E-state index contributed by atoms with van der Waals surface area (Å²) >= 11 is 0. The summed E-state index contributed by atoms with van der Waals surface area (Å²) < 4.78 is 17.8. The number of aromatic amines is 1. The zero-order chi connectivity index (χ0) is 25.1. The molecule has 1 amide bonds. The Bertz CT molecular complexity index is 1310. The van der Waals surface area contributed by atoms with Crippen molar-refractivity contribution in [3.8, 4) is 34.3 Å². The molecule has 5 rings (SSSR count). The molecule has 1 fully saturated rings. The molecule has 0 spiro atoms. The lowest BCUT2D eigenvalue weighted by Crippen LogP contribution is -2.49. The molecule has 13 heteroatoms. The number of carbonyl (C=O) groups is 1. The molecule has 13 nitrogen and oxygen atoms in total. The Hall–Kier alpha value is -4.68. The van der Waals surface area contributed by atoms with Gasteiger partial charge in [0.25, 0.3) is 5.91 Å². The van der Waals surface area contributed by atoms with Crippen LogP contribution in [-0.4, -0.2) is 93.5 Å². The quantitative estimate of drug-likeness (QED) is 0.404. The summed E-state index contributed by atoms with van der Waals surface area (Å²) in [5.74, 6) is 2.73. The number of rotatable bonds is 7. The standard InChI is InChI=1S/C23H25N9O4/c1-34-18-10-15(11-19(35-2)22(18)36-3)16-12-17(27-26-16)23(33)31-8-6-30(7-9-31)20-4-5-21(29-28-20)32-14-24-13-25-32/h4-5,10-14H,6-9H2,1-3H3,(H,26,27). The van der Waals surface area contributed by atoms with Crippen LogP contribution in [0.4, 0.5) is 5.82 Å². The van der Waals surface area contributed by atoms with E-state index in [1.54, 1.807) is 55.4 Å². The molecule has 36 heavy (non-hydrogen) atoms. The Balaban J connectivity index is 1.25. The number of H-pyrrole nitrogens is 1. The summed E-state index contributed by atoms with van der Waals surface area (Å²) in [6.07, 6.45) is 3.01. The first-order valence-electron chi connectivity index (χ1n) is 11.2. The molecule has 4 heterocycles. The van der Waals surface area contributed by atoms with E-state index in [1.807, 2.05) is 12.1 Å². The van der Waals surface area contributed by atoms with E-state index in [9.17, 15) is 4.79 Å². The molecular formula is C23H25N9O4. The maximum absolute atomic E-state index is 13.1. The Kier molecular flexibility index (Phi) is 6.34. The number of ether oxygens (including phenoxy) is 3. The Morgan fingerprint density at radius 1 is 0.917 bits per heavy atom. The first kappa shape index (κ1) is 23.1. The SMILES string of the molecule is COc1cc(-c2cc(C(=O)N3CCN(c4ccc(-n5cncn5)nn4)CC3)[nH]n2)cc(OC)c1OC. The van der Waals surface area contributed by atoms with Crippen LogP contribution >= 0.6 is 0 Å². The average Bonchev–Trinajstić information content (AvgIpc) is 3.65. The molecule has 0 bridgehead atoms. The Morgan fingerprint density at radius 2 is 1.61 bits per heavy atom. The maximum Gasteiger partial charge on any atom is 0.272 e. The molecular weight excluding hydrogens is 466 g/mol. The second kappa shape index (κ2) is 9.90. The number of hydrogen-bond acceptors (Lipinski definition) is 10. The van der Waals surface area contributed by atoms with Crippen LogP contribution in [0.25, 0.3) is 17.1 Å². The van der Waals surface area contributed by atoms with Crippen molar-refractivity contribution >= 4 is 11.7 Å². The third-order valence-corrected chi connectivity index (χ3v) is 5.95. The number of anilines is 1. The van der Waals surface area contributed by atoms with Crippen molar-refractivity contribution in [1.82, 2.24) is 40.1 Å². The van der Waals surface area contributed by atoms with E-state index in [4.69, 9.17) is 14.2 Å². The number of piperazine rings is 1. The molecule has 1 aromatic carbocycles. The Labute approximate surface area is 206 Å². The third kappa shape index (κ3) is 4.37. The van der Waals surface area contributed by atoms with Crippen molar-refractivity contribution in [3.63, 3.8) is 0 Å². The fourth-order valence-corrected chi connectivity index (χ4v) is 4.05. The number of benzene rings is 1. The van der Waals surface area contributed by atoms with Crippen molar-refractivity contribution in [2.75, 3.05) is 52.4 Å². The van der Waals surface area contributed by atoms with Gasteiger partial charge in [-0.1, -0.05) is 0 Å². The highest BCUT2D eigenvalue weighted by atomic mass is 16.5. The van der Waals surface area contributed by atoms with Gasteiger partial charge in [-0.15, -0.1) is 10.2 Å². The van der Waals surface area contributed by atoms with Crippen LogP contribution in [-0.2, 0) is 0 Å². The number of nitrogens with one attached hydrogen (secondary N) is 1. The van der Waals surface area contributed by atoms with Crippen LogP contribution in [0.15, 0.2) is 43.0 Å². The largest absolute Gasteiger partial charge is 0.493 e. The smallest absolute Gasteiger partial charge is 0.272 e. The van der Waals surface area contributed by atoms with Crippen molar-refractivity contribution in [2.24, 2.45) is 0 Å². The van der Waals surface area contributed by atoms with Gasteiger partial charge < -0.3 is 24.0 Å². The van der Waals surface area contributed by atoms with Crippen molar-refractivity contribution in [1.29, 1.82) is 0 Å². The molecule has 1 aliphatic rings. The van der Waals surface area contributed by atoms with E-state index in [2.05, 4.69) is 35.4 Å². The topological polar surface area (TPSA) is 136 Å². The zero-order valence-electron chi connectivity index (χ0n) is 20.1. The fraction of sp³-hybridized carbons (Fsp3) is 0.304. The minimum absolute atomic E-state index is 0.117. The van der Waals surface area contributed by atoms with Crippen LogP contribution in [0.5, 0.6) is 17.2 Å². The average molecular weight is 492 g/mol. The highest BCUT2D eigenvalue weighted by Gasteiger charge is 2.25. The highest BCUT2D eigenvalue weighted by Crippen LogP contribution is 2.40. The van der Waals surface area contributed by atoms with Gasteiger partial charge in [0.2, 0.25) is 5.75 Å². The van der Waals surface area contributed by atoms with Gasteiger partial charge in [-0.25, -0.2) is 9.67 Å². The zero-order valence-corrected chi connectivity index (χ0v) is 20.1. The maximum atomic E-state index is 13.1. The summed E-state index contributed by atoms with van der Waals surface area (Å²) in [5, 5.41) is 19.8. The number of hydrogen-bond donors (Lipinski definition) is 1. The summed E-state index contributed by atoms with van der Waals surface area (Å²) in [4.78, 5) is 20.9. The number of nitrogens with zero attached hydrogens (tertiary/aromatic N) is 8. The van der Waals surface area contributed by atoms with Gasteiger partial charge in [-0.3, -0.25) is 9.89 Å². The monoisotopic (exact) mass is 491 g/mol.